The summed E-state index contributed by atoms with van der Waals surface area (Å²) in [6, 6.07) is 0. The predicted octanol–water partition coefficient (Wildman–Crippen LogP) is 1.40. The zero-order valence-electron chi connectivity index (χ0n) is 12.3. The molecular weight excluding hydrogens is 238 g/mol. The highest BCUT2D eigenvalue weighted by Gasteiger charge is 2.21. The number of aromatic nitrogens is 2. The second kappa shape index (κ2) is 6.19. The maximum absolute atomic E-state index is 5.94. The molecule has 5 heteroatoms. The van der Waals surface area contributed by atoms with Gasteiger partial charge in [0, 0.05) is 38.3 Å². The highest BCUT2D eigenvalue weighted by molar-refractivity contribution is 5.56. The summed E-state index contributed by atoms with van der Waals surface area (Å²) in [6.45, 7) is 12.1. The number of piperazine rings is 1. The van der Waals surface area contributed by atoms with Crippen molar-refractivity contribution in [3.8, 4) is 0 Å². The van der Waals surface area contributed by atoms with E-state index in [2.05, 4.69) is 40.5 Å². The van der Waals surface area contributed by atoms with Gasteiger partial charge in [0.2, 0.25) is 0 Å². The summed E-state index contributed by atoms with van der Waals surface area (Å²) in [6.07, 6.45) is 2.46. The van der Waals surface area contributed by atoms with Crippen LogP contribution in [0, 0.1) is 5.92 Å². The first kappa shape index (κ1) is 14.1. The summed E-state index contributed by atoms with van der Waals surface area (Å²) in [5.41, 5.74) is 7.03. The Morgan fingerprint density at radius 3 is 2.47 bits per heavy atom. The molecule has 0 atom stereocenters. The van der Waals surface area contributed by atoms with Crippen molar-refractivity contribution in [2.45, 2.75) is 27.2 Å². The van der Waals surface area contributed by atoms with Crippen LogP contribution in [-0.2, 0) is 6.42 Å². The van der Waals surface area contributed by atoms with Crippen LogP contribution in [-0.4, -0.2) is 47.6 Å². The van der Waals surface area contributed by atoms with Gasteiger partial charge in [-0.3, -0.25) is 4.90 Å². The van der Waals surface area contributed by atoms with Gasteiger partial charge in [-0.2, -0.15) is 0 Å². The molecule has 1 aliphatic rings. The first-order valence-corrected chi connectivity index (χ1v) is 7.18. The van der Waals surface area contributed by atoms with Gasteiger partial charge in [0.05, 0.1) is 0 Å². The Kier molecular flexibility index (Phi) is 4.58. The van der Waals surface area contributed by atoms with Crippen molar-refractivity contribution in [2.24, 2.45) is 5.92 Å². The standard InChI is InChI=1S/C14H25N5/c1-4-12-13(15)16-10-17-14(12)19-7-5-18(6-8-19)9-11(2)3/h10-11H,4-9H2,1-3H3,(H2,15,16,17). The number of hydrogen-bond acceptors (Lipinski definition) is 5. The third kappa shape index (κ3) is 3.35. The highest BCUT2D eigenvalue weighted by Crippen LogP contribution is 2.23. The fourth-order valence-corrected chi connectivity index (χ4v) is 2.69. The van der Waals surface area contributed by atoms with E-state index in [-0.39, 0.29) is 0 Å². The summed E-state index contributed by atoms with van der Waals surface area (Å²) in [4.78, 5) is 13.4. The number of nitrogens with two attached hydrogens (primary N) is 1. The highest BCUT2D eigenvalue weighted by atomic mass is 15.3. The molecule has 19 heavy (non-hydrogen) atoms. The summed E-state index contributed by atoms with van der Waals surface area (Å²) < 4.78 is 0. The molecule has 1 fully saturated rings. The second-order valence-corrected chi connectivity index (χ2v) is 5.60. The molecule has 106 valence electrons. The van der Waals surface area contributed by atoms with Crippen molar-refractivity contribution in [1.29, 1.82) is 0 Å². The van der Waals surface area contributed by atoms with Crippen molar-refractivity contribution in [3.05, 3.63) is 11.9 Å². The van der Waals surface area contributed by atoms with Crippen LogP contribution in [0.3, 0.4) is 0 Å². The van der Waals surface area contributed by atoms with E-state index >= 15 is 0 Å². The second-order valence-electron chi connectivity index (χ2n) is 5.60. The number of nitrogen functional groups attached to an aromatic ring is 1. The minimum absolute atomic E-state index is 0.622. The maximum atomic E-state index is 5.94. The molecule has 0 aromatic carbocycles. The quantitative estimate of drug-likeness (QED) is 0.890. The van der Waals surface area contributed by atoms with Gasteiger partial charge in [0.25, 0.3) is 0 Å². The van der Waals surface area contributed by atoms with Gasteiger partial charge in [0.15, 0.2) is 0 Å². The van der Waals surface area contributed by atoms with Crippen molar-refractivity contribution >= 4 is 11.6 Å². The molecule has 0 radical (unpaired) electrons. The molecular formula is C14H25N5. The van der Waals surface area contributed by atoms with Gasteiger partial charge in [-0.15, -0.1) is 0 Å². The number of anilines is 2. The van der Waals surface area contributed by atoms with Crippen molar-refractivity contribution in [1.82, 2.24) is 14.9 Å². The predicted molar refractivity (Wildman–Crippen MR) is 79.3 cm³/mol. The Labute approximate surface area is 115 Å². The van der Waals surface area contributed by atoms with Gasteiger partial charge in [-0.1, -0.05) is 20.8 Å². The lowest BCUT2D eigenvalue weighted by molar-refractivity contribution is 0.231. The normalized spacial score (nSPS) is 17.2. The van der Waals surface area contributed by atoms with Gasteiger partial charge in [-0.25, -0.2) is 9.97 Å². The van der Waals surface area contributed by atoms with E-state index in [1.807, 2.05) is 0 Å². The Morgan fingerprint density at radius 1 is 1.21 bits per heavy atom. The molecule has 0 amide bonds. The SMILES string of the molecule is CCc1c(N)ncnc1N1CCN(CC(C)C)CC1. The molecule has 5 nitrogen and oxygen atoms in total. The molecule has 0 aliphatic carbocycles. The Balaban J connectivity index is 2.03. The van der Waals surface area contributed by atoms with Crippen molar-refractivity contribution in [3.63, 3.8) is 0 Å². The molecule has 2 heterocycles. The fraction of sp³-hybridized carbons (Fsp3) is 0.714. The molecule has 2 N–H and O–H groups in total. The van der Waals surface area contributed by atoms with Crippen LogP contribution in [0.4, 0.5) is 11.6 Å². The average molecular weight is 263 g/mol. The molecule has 1 aliphatic heterocycles. The number of rotatable bonds is 4. The third-order valence-corrected chi connectivity index (χ3v) is 3.60. The topological polar surface area (TPSA) is 58.3 Å². The molecule has 0 spiro atoms. The van der Waals surface area contributed by atoms with Crippen LogP contribution >= 0.6 is 0 Å². The van der Waals surface area contributed by atoms with Crippen LogP contribution in [0.2, 0.25) is 0 Å². The minimum atomic E-state index is 0.622. The van der Waals surface area contributed by atoms with E-state index < -0.39 is 0 Å². The Hall–Kier alpha value is -1.36. The molecule has 0 unspecified atom stereocenters. The molecule has 0 bridgehead atoms. The smallest absolute Gasteiger partial charge is 0.137 e. The largest absolute Gasteiger partial charge is 0.383 e. The average Bonchev–Trinajstić information content (AvgIpc) is 2.38. The van der Waals surface area contributed by atoms with Gasteiger partial charge < -0.3 is 10.6 Å². The maximum Gasteiger partial charge on any atom is 0.137 e. The summed E-state index contributed by atoms with van der Waals surface area (Å²) in [5.74, 6) is 2.38. The Morgan fingerprint density at radius 2 is 1.89 bits per heavy atom. The zero-order valence-corrected chi connectivity index (χ0v) is 12.3. The lowest BCUT2D eigenvalue weighted by Gasteiger charge is -2.36. The van der Waals surface area contributed by atoms with Crippen LogP contribution in [0.1, 0.15) is 26.3 Å². The fourth-order valence-electron chi connectivity index (χ4n) is 2.69. The van der Waals surface area contributed by atoms with Crippen molar-refractivity contribution < 1.29 is 0 Å². The first-order valence-electron chi connectivity index (χ1n) is 7.18. The van der Waals surface area contributed by atoms with E-state index in [1.165, 1.54) is 6.54 Å². The third-order valence-electron chi connectivity index (χ3n) is 3.60. The van der Waals surface area contributed by atoms with E-state index in [0.29, 0.717) is 5.82 Å². The minimum Gasteiger partial charge on any atom is -0.383 e. The van der Waals surface area contributed by atoms with E-state index in [9.17, 15) is 0 Å². The van der Waals surface area contributed by atoms with Crippen LogP contribution < -0.4 is 10.6 Å². The molecule has 0 saturated carbocycles. The zero-order chi connectivity index (χ0) is 13.8. The number of hydrogen-bond donors (Lipinski definition) is 1. The van der Waals surface area contributed by atoms with Crippen molar-refractivity contribution in [2.75, 3.05) is 43.4 Å². The summed E-state index contributed by atoms with van der Waals surface area (Å²) in [5, 5.41) is 0. The van der Waals surface area contributed by atoms with E-state index in [1.54, 1.807) is 6.33 Å². The Bertz CT molecular complexity index is 410. The van der Waals surface area contributed by atoms with Crippen LogP contribution in [0.15, 0.2) is 6.33 Å². The molecule has 2 rings (SSSR count). The summed E-state index contributed by atoms with van der Waals surface area (Å²) in [7, 11) is 0. The lowest BCUT2D eigenvalue weighted by Crippen LogP contribution is -2.48. The summed E-state index contributed by atoms with van der Waals surface area (Å²) >= 11 is 0. The van der Waals surface area contributed by atoms with Gasteiger partial charge in [-0.05, 0) is 12.3 Å². The van der Waals surface area contributed by atoms with Crippen LogP contribution in [0.5, 0.6) is 0 Å². The first-order chi connectivity index (χ1) is 9.11. The van der Waals surface area contributed by atoms with E-state index in [4.69, 9.17) is 5.73 Å². The monoisotopic (exact) mass is 263 g/mol. The van der Waals surface area contributed by atoms with E-state index in [0.717, 1.165) is 49.9 Å². The molecule has 1 aromatic rings. The lowest BCUT2D eigenvalue weighted by atomic mass is 10.1. The molecule has 1 aromatic heterocycles. The van der Waals surface area contributed by atoms with Gasteiger partial charge in [0.1, 0.15) is 18.0 Å². The van der Waals surface area contributed by atoms with Crippen LogP contribution in [0.25, 0.3) is 0 Å². The number of nitrogens with zero attached hydrogens (tertiary/aromatic N) is 4. The van der Waals surface area contributed by atoms with Gasteiger partial charge >= 0.3 is 0 Å². The molecule has 1 saturated heterocycles.